The summed E-state index contributed by atoms with van der Waals surface area (Å²) in [6.45, 7) is 5.72. The summed E-state index contributed by atoms with van der Waals surface area (Å²) < 4.78 is 23.2. The molecule has 1 fully saturated rings. The van der Waals surface area contributed by atoms with E-state index in [0.717, 1.165) is 5.69 Å². The number of carbonyl (C=O) groups excluding carboxylic acids is 1. The van der Waals surface area contributed by atoms with E-state index in [1.54, 1.807) is 18.3 Å². The molecule has 1 aromatic rings. The van der Waals surface area contributed by atoms with Crippen molar-refractivity contribution >= 4 is 21.4 Å². The van der Waals surface area contributed by atoms with Crippen LogP contribution in [0, 0.1) is 0 Å². The molecule has 0 bridgehead atoms. The number of amides is 1. The van der Waals surface area contributed by atoms with E-state index in [1.165, 1.54) is 0 Å². The monoisotopic (exact) mass is 325 g/mol. The Balaban J connectivity index is 2.16. The normalized spacial score (nSPS) is 20.6. The maximum Gasteiger partial charge on any atom is 0.270 e. The van der Waals surface area contributed by atoms with Gasteiger partial charge in [-0.25, -0.2) is 8.42 Å². The van der Waals surface area contributed by atoms with Crippen molar-refractivity contribution in [3.05, 3.63) is 24.0 Å². The van der Waals surface area contributed by atoms with Crippen LogP contribution in [0.5, 0.6) is 0 Å². The molecule has 0 aromatic carbocycles. The zero-order valence-electron chi connectivity index (χ0n) is 13.5. The molecule has 2 heterocycles. The van der Waals surface area contributed by atoms with Gasteiger partial charge in [0.2, 0.25) is 0 Å². The van der Waals surface area contributed by atoms with Crippen molar-refractivity contribution in [3.8, 4) is 0 Å². The second-order valence-corrected chi connectivity index (χ2v) is 9.00. The fourth-order valence-corrected chi connectivity index (χ4v) is 4.23. The van der Waals surface area contributed by atoms with Gasteiger partial charge < -0.3 is 10.2 Å². The van der Waals surface area contributed by atoms with Gasteiger partial charge in [0, 0.05) is 30.5 Å². The smallest absolute Gasteiger partial charge is 0.270 e. The minimum Gasteiger partial charge on any atom is -0.370 e. The maximum atomic E-state index is 12.2. The van der Waals surface area contributed by atoms with Gasteiger partial charge in [-0.1, -0.05) is 0 Å². The second kappa shape index (κ2) is 5.87. The minimum atomic E-state index is -2.94. The number of carbonyl (C=O) groups is 1. The summed E-state index contributed by atoms with van der Waals surface area (Å²) in [7, 11) is -1.08. The topological polar surface area (TPSA) is 79.4 Å². The summed E-state index contributed by atoms with van der Waals surface area (Å²) in [5.41, 5.74) is 0.802. The molecule has 1 amide bonds. The van der Waals surface area contributed by atoms with E-state index in [0.29, 0.717) is 12.1 Å². The molecule has 1 unspecified atom stereocenters. The summed E-state index contributed by atoms with van der Waals surface area (Å²) >= 11 is 0. The zero-order chi connectivity index (χ0) is 16.5. The third-order valence-electron chi connectivity index (χ3n) is 3.63. The van der Waals surface area contributed by atoms with E-state index >= 15 is 0 Å². The van der Waals surface area contributed by atoms with Gasteiger partial charge in [-0.3, -0.25) is 9.78 Å². The van der Waals surface area contributed by atoms with Crippen molar-refractivity contribution in [2.45, 2.75) is 38.8 Å². The first-order valence-corrected chi connectivity index (χ1v) is 9.11. The quantitative estimate of drug-likeness (QED) is 0.904. The molecule has 1 N–H and O–H groups in total. The molecule has 1 aliphatic heterocycles. The highest BCUT2D eigenvalue weighted by molar-refractivity contribution is 7.91. The largest absolute Gasteiger partial charge is 0.370 e. The minimum absolute atomic E-state index is 0.0501. The first-order chi connectivity index (χ1) is 10.1. The van der Waals surface area contributed by atoms with Gasteiger partial charge in [-0.05, 0) is 39.3 Å². The lowest BCUT2D eigenvalue weighted by atomic mass is 10.1. The number of hydrogen-bond donors (Lipinski definition) is 1. The van der Waals surface area contributed by atoms with Crippen LogP contribution in [0.4, 0.5) is 5.69 Å². The lowest BCUT2D eigenvalue weighted by Gasteiger charge is -2.26. The van der Waals surface area contributed by atoms with E-state index in [1.807, 2.05) is 32.7 Å². The van der Waals surface area contributed by atoms with Gasteiger partial charge in [0.15, 0.2) is 9.84 Å². The van der Waals surface area contributed by atoms with E-state index in [4.69, 9.17) is 0 Å². The number of pyridine rings is 1. The number of nitrogens with zero attached hydrogens (tertiary/aromatic N) is 2. The molecule has 1 atom stereocenters. The Bertz CT molecular complexity index is 665. The summed E-state index contributed by atoms with van der Waals surface area (Å²) in [5.74, 6) is 0.154. The van der Waals surface area contributed by atoms with Crippen LogP contribution >= 0.6 is 0 Å². The van der Waals surface area contributed by atoms with Gasteiger partial charge in [0.05, 0.1) is 11.5 Å². The third-order valence-corrected chi connectivity index (χ3v) is 5.38. The molecular formula is C15H23N3O3S. The number of sulfone groups is 1. The average Bonchev–Trinajstić information content (AvgIpc) is 2.76. The molecule has 1 aliphatic rings. The molecular weight excluding hydrogens is 302 g/mol. The SMILES string of the molecule is CN(c1ccnc(C(=O)NC(C)(C)C)c1)C1CCS(=O)(=O)C1. The Hall–Kier alpha value is -1.63. The molecule has 0 saturated carbocycles. The van der Waals surface area contributed by atoms with Crippen LogP contribution in [0.15, 0.2) is 18.3 Å². The highest BCUT2D eigenvalue weighted by Crippen LogP contribution is 2.23. The molecule has 0 aliphatic carbocycles. The summed E-state index contributed by atoms with van der Waals surface area (Å²) in [6, 6.07) is 3.44. The van der Waals surface area contributed by atoms with Crippen LogP contribution in [0.1, 0.15) is 37.7 Å². The van der Waals surface area contributed by atoms with Crippen molar-refractivity contribution < 1.29 is 13.2 Å². The van der Waals surface area contributed by atoms with E-state index in [-0.39, 0.29) is 29.0 Å². The van der Waals surface area contributed by atoms with Crippen molar-refractivity contribution in [1.29, 1.82) is 0 Å². The second-order valence-electron chi connectivity index (χ2n) is 6.77. The fraction of sp³-hybridized carbons (Fsp3) is 0.600. The Morgan fingerprint density at radius 1 is 1.41 bits per heavy atom. The molecule has 122 valence electrons. The van der Waals surface area contributed by atoms with Crippen LogP contribution in [0.2, 0.25) is 0 Å². The molecule has 0 radical (unpaired) electrons. The number of rotatable bonds is 3. The third kappa shape index (κ3) is 4.19. The van der Waals surface area contributed by atoms with Crippen molar-refractivity contribution in [1.82, 2.24) is 10.3 Å². The van der Waals surface area contributed by atoms with Crippen molar-refractivity contribution in [2.24, 2.45) is 0 Å². The van der Waals surface area contributed by atoms with Gasteiger partial charge in [0.1, 0.15) is 5.69 Å². The molecule has 22 heavy (non-hydrogen) atoms. The predicted molar refractivity (Wildman–Crippen MR) is 86.9 cm³/mol. The molecule has 7 heteroatoms. The molecule has 1 aromatic heterocycles. The highest BCUT2D eigenvalue weighted by atomic mass is 32.2. The predicted octanol–water partition coefficient (Wildman–Crippen LogP) is 1.23. The summed E-state index contributed by atoms with van der Waals surface area (Å²) in [6.07, 6.45) is 2.19. The number of nitrogens with one attached hydrogen (secondary N) is 1. The van der Waals surface area contributed by atoms with Crippen LogP contribution in [0.25, 0.3) is 0 Å². The Morgan fingerprint density at radius 3 is 2.64 bits per heavy atom. The molecule has 1 saturated heterocycles. The van der Waals surface area contributed by atoms with Gasteiger partial charge in [-0.15, -0.1) is 0 Å². The standard InChI is InChI=1S/C15H23N3O3S/c1-15(2,3)17-14(19)13-9-11(5-7-16-13)18(4)12-6-8-22(20,21)10-12/h5,7,9,12H,6,8,10H2,1-4H3,(H,17,19). The van der Waals surface area contributed by atoms with Crippen LogP contribution in [-0.2, 0) is 9.84 Å². The number of anilines is 1. The van der Waals surface area contributed by atoms with Crippen LogP contribution < -0.4 is 10.2 Å². The van der Waals surface area contributed by atoms with Crippen molar-refractivity contribution in [3.63, 3.8) is 0 Å². The van der Waals surface area contributed by atoms with Gasteiger partial charge >= 0.3 is 0 Å². The molecule has 6 nitrogen and oxygen atoms in total. The lowest BCUT2D eigenvalue weighted by Crippen LogP contribution is -2.41. The lowest BCUT2D eigenvalue weighted by molar-refractivity contribution is 0.0914. The zero-order valence-corrected chi connectivity index (χ0v) is 14.3. The van der Waals surface area contributed by atoms with Gasteiger partial charge in [0.25, 0.3) is 5.91 Å². The molecule has 2 rings (SSSR count). The Labute approximate surface area is 131 Å². The summed E-state index contributed by atoms with van der Waals surface area (Å²) in [5, 5.41) is 2.87. The highest BCUT2D eigenvalue weighted by Gasteiger charge is 2.31. The average molecular weight is 325 g/mol. The summed E-state index contributed by atoms with van der Waals surface area (Å²) in [4.78, 5) is 18.2. The van der Waals surface area contributed by atoms with E-state index in [2.05, 4.69) is 10.3 Å². The number of hydrogen-bond acceptors (Lipinski definition) is 5. The number of aromatic nitrogens is 1. The first kappa shape index (κ1) is 16.7. The van der Waals surface area contributed by atoms with E-state index in [9.17, 15) is 13.2 Å². The fourth-order valence-electron chi connectivity index (χ4n) is 2.46. The van der Waals surface area contributed by atoms with Crippen molar-refractivity contribution in [2.75, 3.05) is 23.5 Å². The maximum absolute atomic E-state index is 12.2. The van der Waals surface area contributed by atoms with Crippen LogP contribution in [-0.4, -0.2) is 49.4 Å². The Kier molecular flexibility index (Phi) is 4.47. The van der Waals surface area contributed by atoms with E-state index < -0.39 is 9.84 Å². The first-order valence-electron chi connectivity index (χ1n) is 7.29. The Morgan fingerprint density at radius 2 is 2.09 bits per heavy atom. The molecule has 0 spiro atoms. The van der Waals surface area contributed by atoms with Gasteiger partial charge in [-0.2, -0.15) is 0 Å². The van der Waals surface area contributed by atoms with Crippen LogP contribution in [0.3, 0.4) is 0 Å².